The summed E-state index contributed by atoms with van der Waals surface area (Å²) in [5.41, 5.74) is 1.43. The molecule has 1 aliphatic rings. The van der Waals surface area contributed by atoms with Gasteiger partial charge >= 0.3 is 0 Å². The normalized spacial score (nSPS) is 22.1. The number of nitrogens with one attached hydrogen (secondary N) is 1. The standard InChI is InChI=1S/C11H14BrN/c12-10-5-3-9(4-6-10)8-11-2-1-7-13-11/h3-6,11,13H,1-2,7-8H2/t11-/m1/s1. The van der Waals surface area contributed by atoms with Crippen LogP contribution in [0, 0.1) is 0 Å². The van der Waals surface area contributed by atoms with Crippen molar-refractivity contribution in [2.75, 3.05) is 6.54 Å². The van der Waals surface area contributed by atoms with Crippen molar-refractivity contribution in [2.45, 2.75) is 25.3 Å². The minimum absolute atomic E-state index is 0.709. The summed E-state index contributed by atoms with van der Waals surface area (Å²) in [5, 5.41) is 3.51. The van der Waals surface area contributed by atoms with Crippen molar-refractivity contribution in [3.05, 3.63) is 34.3 Å². The molecular weight excluding hydrogens is 226 g/mol. The first-order valence-electron chi connectivity index (χ1n) is 4.82. The number of hydrogen-bond acceptors (Lipinski definition) is 1. The summed E-state index contributed by atoms with van der Waals surface area (Å²) in [6, 6.07) is 9.34. The van der Waals surface area contributed by atoms with Crippen molar-refractivity contribution in [1.82, 2.24) is 5.32 Å². The molecule has 0 unspecified atom stereocenters. The van der Waals surface area contributed by atoms with Crippen molar-refractivity contribution < 1.29 is 0 Å². The maximum Gasteiger partial charge on any atom is 0.0175 e. The van der Waals surface area contributed by atoms with E-state index < -0.39 is 0 Å². The van der Waals surface area contributed by atoms with Crippen LogP contribution < -0.4 is 5.32 Å². The van der Waals surface area contributed by atoms with Crippen LogP contribution in [0.3, 0.4) is 0 Å². The van der Waals surface area contributed by atoms with E-state index >= 15 is 0 Å². The second-order valence-electron chi connectivity index (χ2n) is 3.62. The van der Waals surface area contributed by atoms with Crippen molar-refractivity contribution in [3.8, 4) is 0 Å². The molecule has 0 saturated carbocycles. The van der Waals surface area contributed by atoms with Crippen LogP contribution in [0.5, 0.6) is 0 Å². The van der Waals surface area contributed by atoms with Crippen LogP contribution in [0.4, 0.5) is 0 Å². The predicted octanol–water partition coefficient (Wildman–Crippen LogP) is 2.74. The second kappa shape index (κ2) is 4.25. The Morgan fingerprint density at radius 1 is 1.31 bits per heavy atom. The van der Waals surface area contributed by atoms with Crippen LogP contribution in [-0.2, 0) is 6.42 Å². The van der Waals surface area contributed by atoms with E-state index in [1.54, 1.807) is 0 Å². The first kappa shape index (κ1) is 9.22. The van der Waals surface area contributed by atoms with E-state index in [0.717, 1.165) is 4.47 Å². The Bertz CT molecular complexity index is 262. The van der Waals surface area contributed by atoms with Gasteiger partial charge in [0.25, 0.3) is 0 Å². The molecule has 13 heavy (non-hydrogen) atoms. The minimum Gasteiger partial charge on any atom is -0.314 e. The zero-order chi connectivity index (χ0) is 9.10. The maximum absolute atomic E-state index is 3.51. The average Bonchev–Trinajstić information content (AvgIpc) is 2.62. The maximum atomic E-state index is 3.51. The van der Waals surface area contributed by atoms with Crippen LogP contribution in [0.1, 0.15) is 18.4 Å². The molecule has 1 atom stereocenters. The van der Waals surface area contributed by atoms with Gasteiger partial charge in [-0.15, -0.1) is 0 Å². The lowest BCUT2D eigenvalue weighted by Gasteiger charge is -2.09. The zero-order valence-electron chi connectivity index (χ0n) is 7.59. The van der Waals surface area contributed by atoms with E-state index in [0.29, 0.717) is 6.04 Å². The summed E-state index contributed by atoms with van der Waals surface area (Å²) in [6.07, 6.45) is 3.84. The number of halogens is 1. The Hall–Kier alpha value is -0.340. The smallest absolute Gasteiger partial charge is 0.0175 e. The van der Waals surface area contributed by atoms with Gasteiger partial charge in [-0.2, -0.15) is 0 Å². The molecule has 70 valence electrons. The molecule has 1 nitrogen and oxygen atoms in total. The van der Waals surface area contributed by atoms with E-state index in [4.69, 9.17) is 0 Å². The van der Waals surface area contributed by atoms with Gasteiger partial charge in [0, 0.05) is 10.5 Å². The number of hydrogen-bond donors (Lipinski definition) is 1. The lowest BCUT2D eigenvalue weighted by atomic mass is 10.1. The first-order valence-corrected chi connectivity index (χ1v) is 5.62. The third-order valence-electron chi connectivity index (χ3n) is 2.56. The highest BCUT2D eigenvalue weighted by Crippen LogP contribution is 2.15. The molecule has 1 N–H and O–H groups in total. The van der Waals surface area contributed by atoms with Gasteiger partial charge in [0.1, 0.15) is 0 Å². The molecule has 2 heteroatoms. The van der Waals surface area contributed by atoms with Crippen LogP contribution >= 0.6 is 15.9 Å². The molecule has 1 heterocycles. The van der Waals surface area contributed by atoms with E-state index in [-0.39, 0.29) is 0 Å². The Kier molecular flexibility index (Phi) is 3.01. The highest BCUT2D eigenvalue weighted by molar-refractivity contribution is 9.10. The topological polar surface area (TPSA) is 12.0 Å². The summed E-state index contributed by atoms with van der Waals surface area (Å²) in [6.45, 7) is 1.20. The quantitative estimate of drug-likeness (QED) is 0.838. The summed E-state index contributed by atoms with van der Waals surface area (Å²) in [7, 11) is 0. The van der Waals surface area contributed by atoms with E-state index in [1.807, 2.05) is 0 Å². The predicted molar refractivity (Wildman–Crippen MR) is 58.9 cm³/mol. The van der Waals surface area contributed by atoms with Crippen molar-refractivity contribution >= 4 is 15.9 Å². The molecule has 0 amide bonds. The molecule has 1 aromatic carbocycles. The highest BCUT2D eigenvalue weighted by Gasteiger charge is 2.13. The van der Waals surface area contributed by atoms with Crippen molar-refractivity contribution in [2.24, 2.45) is 0 Å². The van der Waals surface area contributed by atoms with Gasteiger partial charge in [0.2, 0.25) is 0 Å². The van der Waals surface area contributed by atoms with E-state index in [1.165, 1.54) is 31.4 Å². The van der Waals surface area contributed by atoms with Crippen LogP contribution in [0.2, 0.25) is 0 Å². The van der Waals surface area contributed by atoms with Gasteiger partial charge in [0.05, 0.1) is 0 Å². The molecule has 0 spiro atoms. The number of benzene rings is 1. The number of rotatable bonds is 2. The molecule has 1 aliphatic heterocycles. The van der Waals surface area contributed by atoms with Gasteiger partial charge < -0.3 is 5.32 Å². The van der Waals surface area contributed by atoms with Crippen LogP contribution in [0.25, 0.3) is 0 Å². The van der Waals surface area contributed by atoms with Gasteiger partial charge in [-0.3, -0.25) is 0 Å². The summed E-state index contributed by atoms with van der Waals surface area (Å²) in [4.78, 5) is 0. The Balaban J connectivity index is 1.97. The molecule has 1 fully saturated rings. The van der Waals surface area contributed by atoms with Crippen molar-refractivity contribution in [1.29, 1.82) is 0 Å². The molecule has 0 radical (unpaired) electrons. The van der Waals surface area contributed by atoms with Gasteiger partial charge in [0.15, 0.2) is 0 Å². The molecule has 1 aromatic rings. The molecule has 0 aromatic heterocycles. The molecule has 0 bridgehead atoms. The second-order valence-corrected chi connectivity index (χ2v) is 4.54. The Morgan fingerprint density at radius 2 is 2.08 bits per heavy atom. The average molecular weight is 240 g/mol. The van der Waals surface area contributed by atoms with E-state index in [2.05, 4.69) is 45.5 Å². The zero-order valence-corrected chi connectivity index (χ0v) is 9.18. The van der Waals surface area contributed by atoms with Gasteiger partial charge in [-0.1, -0.05) is 28.1 Å². The van der Waals surface area contributed by atoms with Crippen LogP contribution in [-0.4, -0.2) is 12.6 Å². The lowest BCUT2D eigenvalue weighted by Crippen LogP contribution is -2.23. The van der Waals surface area contributed by atoms with E-state index in [9.17, 15) is 0 Å². The fourth-order valence-electron chi connectivity index (χ4n) is 1.84. The minimum atomic E-state index is 0.709. The highest BCUT2D eigenvalue weighted by atomic mass is 79.9. The Labute approximate surface area is 87.7 Å². The summed E-state index contributed by atoms with van der Waals surface area (Å²) < 4.78 is 1.16. The molecular formula is C11H14BrN. The van der Waals surface area contributed by atoms with Gasteiger partial charge in [-0.05, 0) is 43.5 Å². The third kappa shape index (κ3) is 2.55. The molecule has 2 rings (SSSR count). The monoisotopic (exact) mass is 239 g/mol. The van der Waals surface area contributed by atoms with Crippen molar-refractivity contribution in [3.63, 3.8) is 0 Å². The third-order valence-corrected chi connectivity index (χ3v) is 3.09. The summed E-state index contributed by atoms with van der Waals surface area (Å²) >= 11 is 3.44. The van der Waals surface area contributed by atoms with Gasteiger partial charge in [-0.25, -0.2) is 0 Å². The lowest BCUT2D eigenvalue weighted by molar-refractivity contribution is 0.603. The largest absolute Gasteiger partial charge is 0.314 e. The fourth-order valence-corrected chi connectivity index (χ4v) is 2.10. The molecule has 0 aliphatic carbocycles. The first-order chi connectivity index (χ1) is 6.34. The molecule has 1 saturated heterocycles. The summed E-state index contributed by atoms with van der Waals surface area (Å²) in [5.74, 6) is 0. The SMILES string of the molecule is Brc1ccc(C[C@H]2CCCN2)cc1. The van der Waals surface area contributed by atoms with Crippen LogP contribution in [0.15, 0.2) is 28.7 Å². The Morgan fingerprint density at radius 3 is 2.69 bits per heavy atom. The fraction of sp³-hybridized carbons (Fsp3) is 0.455.